The summed E-state index contributed by atoms with van der Waals surface area (Å²) >= 11 is 1.32. The number of para-hydroxylation sites is 1. The highest BCUT2D eigenvalue weighted by atomic mass is 32.2. The maximum absolute atomic E-state index is 12.6. The number of ether oxygens (including phenoxy) is 1. The van der Waals surface area contributed by atoms with E-state index in [4.69, 9.17) is 4.74 Å². The Bertz CT molecular complexity index is 1280. The molecule has 0 aliphatic carbocycles. The number of amides is 1. The molecule has 0 atom stereocenters. The Morgan fingerprint density at radius 3 is 2.50 bits per heavy atom. The van der Waals surface area contributed by atoms with Crippen molar-refractivity contribution < 1.29 is 22.7 Å². The van der Waals surface area contributed by atoms with E-state index in [0.29, 0.717) is 23.8 Å². The molecule has 0 unspecified atom stereocenters. The number of carbonyl (C=O) groups excluding carboxylic acids is 2. The summed E-state index contributed by atoms with van der Waals surface area (Å²) in [5, 5.41) is 5.23. The zero-order valence-corrected chi connectivity index (χ0v) is 20.3. The lowest BCUT2D eigenvalue weighted by atomic mass is 10.2. The quantitative estimate of drug-likeness (QED) is 0.473. The van der Waals surface area contributed by atoms with Gasteiger partial charge >= 0.3 is 5.97 Å². The second-order valence-corrected chi connectivity index (χ2v) is 10.9. The molecule has 10 heteroatoms. The zero-order valence-electron chi connectivity index (χ0n) is 18.7. The van der Waals surface area contributed by atoms with Gasteiger partial charge in [-0.2, -0.15) is 4.31 Å². The molecule has 1 fully saturated rings. The minimum Gasteiger partial charge on any atom is -0.456 e. The maximum atomic E-state index is 12.6. The lowest BCUT2D eigenvalue weighted by Crippen LogP contribution is -2.27. The number of nitrogens with zero attached hydrogens (tertiary/aromatic N) is 2. The van der Waals surface area contributed by atoms with Crippen molar-refractivity contribution in [1.82, 2.24) is 9.29 Å². The molecule has 34 heavy (non-hydrogen) atoms. The van der Waals surface area contributed by atoms with Gasteiger partial charge in [-0.15, -0.1) is 11.3 Å². The third-order valence-corrected chi connectivity index (χ3v) is 8.28. The summed E-state index contributed by atoms with van der Waals surface area (Å²) < 4.78 is 32.0. The van der Waals surface area contributed by atoms with Crippen molar-refractivity contribution in [3.05, 3.63) is 75.7 Å². The smallest absolute Gasteiger partial charge is 0.338 e. The first-order chi connectivity index (χ1) is 16.3. The average Bonchev–Trinajstić information content (AvgIpc) is 3.52. The van der Waals surface area contributed by atoms with Gasteiger partial charge < -0.3 is 10.1 Å². The summed E-state index contributed by atoms with van der Waals surface area (Å²) in [7, 11) is -3.53. The fourth-order valence-corrected chi connectivity index (χ4v) is 5.90. The summed E-state index contributed by atoms with van der Waals surface area (Å²) in [6.45, 7) is 2.93. The highest BCUT2D eigenvalue weighted by Gasteiger charge is 2.27. The predicted octanol–water partition coefficient (Wildman–Crippen LogP) is 3.77. The molecule has 0 spiro atoms. The number of benzene rings is 2. The number of aryl methyl sites for hydroxylation is 1. The SMILES string of the molecule is Cc1ccccc1NC(=O)Cc1nc(COC(=O)c2ccc(S(=O)(=O)N3CCCC3)cc2)cs1. The Morgan fingerprint density at radius 2 is 1.79 bits per heavy atom. The van der Waals surface area contributed by atoms with Crippen LogP contribution in [0.3, 0.4) is 0 Å². The lowest BCUT2D eigenvalue weighted by molar-refractivity contribution is -0.115. The molecule has 178 valence electrons. The molecular formula is C24H25N3O5S2. The number of aromatic nitrogens is 1. The second kappa shape index (κ2) is 10.5. The second-order valence-electron chi connectivity index (χ2n) is 7.98. The van der Waals surface area contributed by atoms with Crippen LogP contribution < -0.4 is 5.32 Å². The molecule has 1 aliphatic rings. The summed E-state index contributed by atoms with van der Waals surface area (Å²) in [6.07, 6.45) is 1.85. The Balaban J connectivity index is 1.30. The molecule has 1 amide bonds. The van der Waals surface area contributed by atoms with E-state index in [1.54, 1.807) is 5.38 Å². The number of esters is 1. The van der Waals surface area contributed by atoms with Crippen LogP contribution in [0.4, 0.5) is 5.69 Å². The summed E-state index contributed by atoms with van der Waals surface area (Å²) in [5.41, 5.74) is 2.54. The maximum Gasteiger partial charge on any atom is 0.338 e. The average molecular weight is 500 g/mol. The standard InChI is InChI=1S/C24H25N3O5S2/c1-17-6-2-3-7-21(17)26-22(28)14-23-25-19(16-33-23)15-32-24(29)18-8-10-20(11-9-18)34(30,31)27-12-4-5-13-27/h2-3,6-11,16H,4-5,12-15H2,1H3,(H,26,28). The van der Waals surface area contributed by atoms with Gasteiger partial charge in [0.15, 0.2) is 0 Å². The van der Waals surface area contributed by atoms with Gasteiger partial charge in [-0.3, -0.25) is 4.79 Å². The van der Waals surface area contributed by atoms with Gasteiger partial charge in [-0.1, -0.05) is 18.2 Å². The van der Waals surface area contributed by atoms with Crippen LogP contribution >= 0.6 is 11.3 Å². The van der Waals surface area contributed by atoms with Crippen LogP contribution in [0.2, 0.25) is 0 Å². The monoisotopic (exact) mass is 499 g/mol. The first-order valence-electron chi connectivity index (χ1n) is 10.9. The number of carbonyl (C=O) groups is 2. The van der Waals surface area contributed by atoms with Gasteiger partial charge in [0.05, 0.1) is 22.6 Å². The summed E-state index contributed by atoms with van der Waals surface area (Å²) in [6, 6.07) is 13.3. The molecule has 2 aromatic carbocycles. The van der Waals surface area contributed by atoms with Gasteiger partial charge in [0, 0.05) is 24.2 Å². The molecule has 0 bridgehead atoms. The number of rotatable bonds is 8. The highest BCUT2D eigenvalue weighted by Crippen LogP contribution is 2.21. The minimum absolute atomic E-state index is 0.0391. The van der Waals surface area contributed by atoms with E-state index in [9.17, 15) is 18.0 Å². The number of hydrogen-bond acceptors (Lipinski definition) is 7. The first-order valence-corrected chi connectivity index (χ1v) is 13.2. The Kier molecular flexibility index (Phi) is 7.40. The molecule has 0 radical (unpaired) electrons. The number of sulfonamides is 1. The van der Waals surface area contributed by atoms with Gasteiger partial charge in [0.2, 0.25) is 15.9 Å². The van der Waals surface area contributed by atoms with Crippen molar-refractivity contribution in [2.45, 2.75) is 37.7 Å². The van der Waals surface area contributed by atoms with E-state index in [1.807, 2.05) is 31.2 Å². The Morgan fingerprint density at radius 1 is 1.09 bits per heavy atom. The van der Waals surface area contributed by atoms with Crippen molar-refractivity contribution in [3.8, 4) is 0 Å². The van der Waals surface area contributed by atoms with E-state index in [2.05, 4.69) is 10.3 Å². The fraction of sp³-hybridized carbons (Fsp3) is 0.292. The highest BCUT2D eigenvalue weighted by molar-refractivity contribution is 7.89. The first kappa shape index (κ1) is 24.1. The Labute approximate surface area is 202 Å². The van der Waals surface area contributed by atoms with E-state index in [0.717, 1.165) is 24.1 Å². The molecule has 1 N–H and O–H groups in total. The molecule has 3 aromatic rings. The van der Waals surface area contributed by atoms with Crippen molar-refractivity contribution in [2.24, 2.45) is 0 Å². The van der Waals surface area contributed by atoms with Crippen LogP contribution in [0.1, 0.15) is 39.5 Å². The van der Waals surface area contributed by atoms with E-state index >= 15 is 0 Å². The van der Waals surface area contributed by atoms with Crippen LogP contribution in [0.5, 0.6) is 0 Å². The summed E-state index contributed by atoms with van der Waals surface area (Å²) in [5.74, 6) is -0.742. The van der Waals surface area contributed by atoms with Gasteiger partial charge in [-0.05, 0) is 55.7 Å². The topological polar surface area (TPSA) is 106 Å². The van der Waals surface area contributed by atoms with Gasteiger partial charge in [-0.25, -0.2) is 18.2 Å². The van der Waals surface area contributed by atoms with Crippen molar-refractivity contribution >= 4 is 38.9 Å². The Hall–Kier alpha value is -3.08. The van der Waals surface area contributed by atoms with E-state index in [-0.39, 0.29) is 29.4 Å². The van der Waals surface area contributed by atoms with Gasteiger partial charge in [0.25, 0.3) is 0 Å². The zero-order chi connectivity index (χ0) is 24.1. The van der Waals surface area contributed by atoms with Gasteiger partial charge in [0.1, 0.15) is 11.6 Å². The number of thiazole rings is 1. The number of hydrogen-bond donors (Lipinski definition) is 1. The molecule has 8 nitrogen and oxygen atoms in total. The number of anilines is 1. The van der Waals surface area contributed by atoms with E-state index in [1.165, 1.54) is 39.9 Å². The van der Waals surface area contributed by atoms with Crippen molar-refractivity contribution in [1.29, 1.82) is 0 Å². The molecule has 0 saturated carbocycles. The molecule has 4 rings (SSSR count). The van der Waals surface area contributed by atoms with Crippen LogP contribution in [-0.4, -0.2) is 42.7 Å². The van der Waals surface area contributed by atoms with Crippen LogP contribution in [0, 0.1) is 6.92 Å². The number of nitrogens with one attached hydrogen (secondary N) is 1. The largest absolute Gasteiger partial charge is 0.456 e. The normalized spacial score (nSPS) is 14.1. The predicted molar refractivity (Wildman–Crippen MR) is 129 cm³/mol. The molecular weight excluding hydrogens is 474 g/mol. The third-order valence-electron chi connectivity index (χ3n) is 5.47. The van der Waals surface area contributed by atoms with Crippen LogP contribution in [-0.2, 0) is 32.6 Å². The molecule has 1 saturated heterocycles. The molecule has 2 heterocycles. The van der Waals surface area contributed by atoms with E-state index < -0.39 is 16.0 Å². The summed E-state index contributed by atoms with van der Waals surface area (Å²) in [4.78, 5) is 29.2. The third kappa shape index (κ3) is 5.69. The van der Waals surface area contributed by atoms with Crippen LogP contribution in [0.25, 0.3) is 0 Å². The van der Waals surface area contributed by atoms with Crippen molar-refractivity contribution in [2.75, 3.05) is 18.4 Å². The molecule has 1 aliphatic heterocycles. The lowest BCUT2D eigenvalue weighted by Gasteiger charge is -2.15. The minimum atomic E-state index is -3.53. The van der Waals surface area contributed by atoms with Crippen LogP contribution in [0.15, 0.2) is 58.8 Å². The van der Waals surface area contributed by atoms with Crippen molar-refractivity contribution in [3.63, 3.8) is 0 Å². The molecule has 1 aromatic heterocycles. The fourth-order valence-electron chi connectivity index (χ4n) is 3.60.